The zero-order chi connectivity index (χ0) is 14.9. The van der Waals surface area contributed by atoms with Gasteiger partial charge in [0.05, 0.1) is 11.1 Å². The number of halogens is 5. The molecule has 0 aliphatic heterocycles. The molecule has 1 aromatic carbocycles. The molecule has 7 heteroatoms. The van der Waals surface area contributed by atoms with Gasteiger partial charge in [-0.3, -0.25) is 9.78 Å². The summed E-state index contributed by atoms with van der Waals surface area (Å²) in [7, 11) is 0. The predicted octanol–water partition coefficient (Wildman–Crippen LogP) is 3.61. The summed E-state index contributed by atoms with van der Waals surface area (Å²) in [5.41, 5.74) is -2.37. The summed E-state index contributed by atoms with van der Waals surface area (Å²) in [5, 5.41) is 0. The highest BCUT2D eigenvalue weighted by molar-refractivity contribution is 6.08. The molecular formula is C13H6F5NO. The Morgan fingerprint density at radius 1 is 1.00 bits per heavy atom. The van der Waals surface area contributed by atoms with Crippen LogP contribution in [0.4, 0.5) is 22.0 Å². The van der Waals surface area contributed by atoms with Crippen molar-refractivity contribution in [3.8, 4) is 0 Å². The topological polar surface area (TPSA) is 30.0 Å². The van der Waals surface area contributed by atoms with E-state index in [9.17, 15) is 26.7 Å². The van der Waals surface area contributed by atoms with Crippen LogP contribution in [0, 0.1) is 11.6 Å². The molecule has 2 rings (SSSR count). The van der Waals surface area contributed by atoms with E-state index in [0.29, 0.717) is 12.3 Å². The van der Waals surface area contributed by atoms with Crippen LogP contribution < -0.4 is 0 Å². The molecule has 0 amide bonds. The fraction of sp³-hybridized carbons (Fsp3) is 0.0769. The zero-order valence-corrected chi connectivity index (χ0v) is 9.71. The molecule has 0 saturated heterocycles. The molecule has 0 aliphatic rings. The lowest BCUT2D eigenvalue weighted by Crippen LogP contribution is -2.11. The second-order valence-corrected chi connectivity index (χ2v) is 3.86. The summed E-state index contributed by atoms with van der Waals surface area (Å²) in [4.78, 5) is 15.1. The second-order valence-electron chi connectivity index (χ2n) is 3.86. The van der Waals surface area contributed by atoms with Gasteiger partial charge in [-0.15, -0.1) is 0 Å². The maximum atomic E-state index is 13.4. The maximum Gasteiger partial charge on any atom is 0.417 e. The van der Waals surface area contributed by atoms with Crippen molar-refractivity contribution in [3.05, 3.63) is 65.0 Å². The molecule has 0 radical (unpaired) electrons. The third-order valence-corrected chi connectivity index (χ3v) is 2.51. The van der Waals surface area contributed by atoms with Gasteiger partial charge in [-0.2, -0.15) is 13.2 Å². The van der Waals surface area contributed by atoms with E-state index in [-0.39, 0.29) is 0 Å². The normalized spacial score (nSPS) is 11.4. The first-order chi connectivity index (χ1) is 9.30. The van der Waals surface area contributed by atoms with Crippen LogP contribution in [0.1, 0.15) is 21.6 Å². The van der Waals surface area contributed by atoms with Crippen LogP contribution in [-0.2, 0) is 6.18 Å². The third-order valence-electron chi connectivity index (χ3n) is 2.51. The van der Waals surface area contributed by atoms with Gasteiger partial charge in [0.2, 0.25) is 5.78 Å². The highest BCUT2D eigenvalue weighted by Gasteiger charge is 2.31. The van der Waals surface area contributed by atoms with Gasteiger partial charge < -0.3 is 0 Å². The molecule has 0 unspecified atom stereocenters. The van der Waals surface area contributed by atoms with Gasteiger partial charge in [-0.05, 0) is 24.3 Å². The van der Waals surface area contributed by atoms with Crippen molar-refractivity contribution in [2.24, 2.45) is 0 Å². The number of hydrogen-bond acceptors (Lipinski definition) is 2. The molecule has 0 spiro atoms. The first-order valence-corrected chi connectivity index (χ1v) is 5.32. The molecule has 0 atom stereocenters. The molecule has 0 fully saturated rings. The number of hydrogen-bond donors (Lipinski definition) is 0. The van der Waals surface area contributed by atoms with Crippen molar-refractivity contribution in [2.45, 2.75) is 6.18 Å². The SMILES string of the molecule is O=C(c1ccc(C(F)(F)F)cn1)c1c(F)cccc1F. The summed E-state index contributed by atoms with van der Waals surface area (Å²) in [6, 6.07) is 4.22. The molecule has 2 aromatic rings. The number of rotatable bonds is 2. The molecule has 0 N–H and O–H groups in total. The van der Waals surface area contributed by atoms with Crippen molar-refractivity contribution in [1.82, 2.24) is 4.98 Å². The van der Waals surface area contributed by atoms with Crippen molar-refractivity contribution < 1.29 is 26.7 Å². The maximum absolute atomic E-state index is 13.4. The lowest BCUT2D eigenvalue weighted by atomic mass is 10.1. The fourth-order valence-electron chi connectivity index (χ4n) is 1.54. The number of carbonyl (C=O) groups is 1. The Bertz CT molecular complexity index is 629. The molecule has 20 heavy (non-hydrogen) atoms. The Hall–Kier alpha value is -2.31. The van der Waals surface area contributed by atoms with Gasteiger partial charge in [-0.1, -0.05) is 6.07 Å². The average molecular weight is 287 g/mol. The summed E-state index contributed by atoms with van der Waals surface area (Å²) in [6.45, 7) is 0. The van der Waals surface area contributed by atoms with Crippen molar-refractivity contribution in [3.63, 3.8) is 0 Å². The monoisotopic (exact) mass is 287 g/mol. The molecule has 0 saturated carbocycles. The lowest BCUT2D eigenvalue weighted by molar-refractivity contribution is -0.137. The van der Waals surface area contributed by atoms with Crippen molar-refractivity contribution in [1.29, 1.82) is 0 Å². The number of nitrogens with zero attached hydrogens (tertiary/aromatic N) is 1. The number of ketones is 1. The van der Waals surface area contributed by atoms with Crippen LogP contribution in [0.3, 0.4) is 0 Å². The molecular weight excluding hydrogens is 281 g/mol. The summed E-state index contributed by atoms with van der Waals surface area (Å²) in [5.74, 6) is -3.32. The highest BCUT2D eigenvalue weighted by atomic mass is 19.4. The number of aromatic nitrogens is 1. The van der Waals surface area contributed by atoms with Gasteiger partial charge >= 0.3 is 6.18 Å². The molecule has 0 aliphatic carbocycles. The predicted molar refractivity (Wildman–Crippen MR) is 59.0 cm³/mol. The van der Waals surface area contributed by atoms with Gasteiger partial charge in [0.25, 0.3) is 0 Å². The van der Waals surface area contributed by atoms with E-state index in [1.165, 1.54) is 0 Å². The van der Waals surface area contributed by atoms with E-state index in [4.69, 9.17) is 0 Å². The molecule has 1 heterocycles. The highest BCUT2D eigenvalue weighted by Crippen LogP contribution is 2.28. The van der Waals surface area contributed by atoms with E-state index in [1.807, 2.05) is 0 Å². The summed E-state index contributed by atoms with van der Waals surface area (Å²) < 4.78 is 63.8. The van der Waals surface area contributed by atoms with Crippen LogP contribution in [0.25, 0.3) is 0 Å². The van der Waals surface area contributed by atoms with Gasteiger partial charge in [-0.25, -0.2) is 8.78 Å². The first-order valence-electron chi connectivity index (χ1n) is 5.32. The molecule has 104 valence electrons. The molecule has 0 bridgehead atoms. The van der Waals surface area contributed by atoms with E-state index in [0.717, 1.165) is 24.3 Å². The van der Waals surface area contributed by atoms with E-state index < -0.39 is 40.4 Å². The van der Waals surface area contributed by atoms with Gasteiger partial charge in [0, 0.05) is 6.20 Å². The van der Waals surface area contributed by atoms with Crippen LogP contribution in [-0.4, -0.2) is 10.8 Å². The molecule has 2 nitrogen and oxygen atoms in total. The minimum Gasteiger partial charge on any atom is -0.287 e. The number of alkyl halides is 3. The Balaban J connectivity index is 2.40. The lowest BCUT2D eigenvalue weighted by Gasteiger charge is -2.07. The minimum absolute atomic E-state index is 0.436. The van der Waals surface area contributed by atoms with Gasteiger partial charge in [0.1, 0.15) is 17.3 Å². The van der Waals surface area contributed by atoms with Crippen molar-refractivity contribution >= 4 is 5.78 Å². The van der Waals surface area contributed by atoms with Gasteiger partial charge in [0.15, 0.2) is 0 Å². The second kappa shape index (κ2) is 4.99. The number of carbonyl (C=O) groups excluding carboxylic acids is 1. The Morgan fingerprint density at radius 2 is 1.60 bits per heavy atom. The number of benzene rings is 1. The fourth-order valence-corrected chi connectivity index (χ4v) is 1.54. The standard InChI is InChI=1S/C13H6F5NO/c14-8-2-1-3-9(15)11(8)12(20)10-5-4-7(6-19-10)13(16,17)18/h1-6H. The molecule has 1 aromatic heterocycles. The summed E-state index contributed by atoms with van der Waals surface area (Å²) in [6.07, 6.45) is -4.16. The average Bonchev–Trinajstić information content (AvgIpc) is 2.37. The minimum atomic E-state index is -4.60. The largest absolute Gasteiger partial charge is 0.417 e. The smallest absolute Gasteiger partial charge is 0.287 e. The van der Waals surface area contributed by atoms with Crippen LogP contribution >= 0.6 is 0 Å². The van der Waals surface area contributed by atoms with Crippen LogP contribution in [0.15, 0.2) is 36.5 Å². The Kier molecular flexibility index (Phi) is 3.52. The van der Waals surface area contributed by atoms with Crippen molar-refractivity contribution in [2.75, 3.05) is 0 Å². The van der Waals surface area contributed by atoms with Crippen LogP contribution in [0.2, 0.25) is 0 Å². The Labute approximate surface area is 109 Å². The third kappa shape index (κ3) is 2.66. The van der Waals surface area contributed by atoms with E-state index in [2.05, 4.69) is 4.98 Å². The quantitative estimate of drug-likeness (QED) is 0.624. The zero-order valence-electron chi connectivity index (χ0n) is 9.71. The van der Waals surface area contributed by atoms with E-state index >= 15 is 0 Å². The van der Waals surface area contributed by atoms with E-state index in [1.54, 1.807) is 0 Å². The Morgan fingerprint density at radius 3 is 2.05 bits per heavy atom. The number of pyridine rings is 1. The first kappa shape index (κ1) is 14.1. The summed E-state index contributed by atoms with van der Waals surface area (Å²) >= 11 is 0. The van der Waals surface area contributed by atoms with Crippen LogP contribution in [0.5, 0.6) is 0 Å².